The summed E-state index contributed by atoms with van der Waals surface area (Å²) in [5.74, 6) is 0. The summed E-state index contributed by atoms with van der Waals surface area (Å²) in [7, 11) is -3.92. The Balaban J connectivity index is 2.31. The van der Waals surface area contributed by atoms with Crippen molar-refractivity contribution in [1.82, 2.24) is 4.72 Å². The fourth-order valence-electron chi connectivity index (χ4n) is 2.47. The number of benzene rings is 1. The number of nitrogens with one attached hydrogen (secondary N) is 1. The maximum atomic E-state index is 12.4. The second-order valence-electron chi connectivity index (χ2n) is 5.50. The van der Waals surface area contributed by atoms with Crippen molar-refractivity contribution >= 4 is 10.0 Å². The van der Waals surface area contributed by atoms with E-state index in [4.69, 9.17) is 0 Å². The van der Waals surface area contributed by atoms with E-state index in [0.717, 1.165) is 36.8 Å². The molecule has 0 saturated carbocycles. The highest BCUT2D eigenvalue weighted by Gasteiger charge is 2.34. The Bertz CT molecular complexity index is 587. The minimum Gasteiger partial charge on any atom is -0.394 e. The average Bonchev–Trinajstić information content (AvgIpc) is 2.52. The number of aliphatic hydroxyl groups excluding tert-OH is 3. The predicted molar refractivity (Wildman–Crippen MR) is 77.4 cm³/mol. The molecule has 0 saturated heterocycles. The number of aliphatic hydroxyl groups is 3. The van der Waals surface area contributed by atoms with Crippen molar-refractivity contribution in [3.8, 4) is 0 Å². The van der Waals surface area contributed by atoms with Crippen LogP contribution in [-0.4, -0.2) is 49.1 Å². The molecule has 0 spiro atoms. The summed E-state index contributed by atoms with van der Waals surface area (Å²) in [6.45, 7) is -2.07. The van der Waals surface area contributed by atoms with E-state index in [-0.39, 0.29) is 4.90 Å². The highest BCUT2D eigenvalue weighted by molar-refractivity contribution is 7.89. The van der Waals surface area contributed by atoms with Crippen LogP contribution in [0.15, 0.2) is 23.1 Å². The third-order valence-electron chi connectivity index (χ3n) is 3.89. The highest BCUT2D eigenvalue weighted by Crippen LogP contribution is 2.24. The quantitative estimate of drug-likeness (QED) is 0.569. The van der Waals surface area contributed by atoms with Gasteiger partial charge in [0.25, 0.3) is 0 Å². The molecule has 0 bridgehead atoms. The molecule has 0 fully saturated rings. The van der Waals surface area contributed by atoms with Crippen LogP contribution in [0.3, 0.4) is 0 Å². The summed E-state index contributed by atoms with van der Waals surface area (Å²) >= 11 is 0. The first-order chi connectivity index (χ1) is 9.96. The molecule has 0 aliphatic heterocycles. The predicted octanol–water partition coefficient (Wildman–Crippen LogP) is -0.441. The Hall–Kier alpha value is -0.990. The molecule has 118 valence electrons. The second-order valence-corrected chi connectivity index (χ2v) is 7.18. The summed E-state index contributed by atoms with van der Waals surface area (Å²) in [6, 6.07) is 4.96. The summed E-state index contributed by atoms with van der Waals surface area (Å²) in [6.07, 6.45) is 3.96. The molecular formula is C14H21NO5S. The molecule has 0 atom stereocenters. The van der Waals surface area contributed by atoms with Gasteiger partial charge in [0.05, 0.1) is 24.7 Å². The number of sulfonamides is 1. The van der Waals surface area contributed by atoms with Gasteiger partial charge in [-0.1, -0.05) is 6.07 Å². The minimum absolute atomic E-state index is 0.0860. The van der Waals surface area contributed by atoms with Gasteiger partial charge in [-0.3, -0.25) is 0 Å². The smallest absolute Gasteiger partial charge is 0.241 e. The lowest BCUT2D eigenvalue weighted by Crippen LogP contribution is -2.56. The van der Waals surface area contributed by atoms with Gasteiger partial charge in [0.15, 0.2) is 0 Å². The molecule has 6 nitrogen and oxygen atoms in total. The van der Waals surface area contributed by atoms with E-state index in [9.17, 15) is 23.7 Å². The molecule has 0 radical (unpaired) electrons. The molecule has 1 aromatic carbocycles. The van der Waals surface area contributed by atoms with Crippen LogP contribution in [0.1, 0.15) is 24.0 Å². The lowest BCUT2D eigenvalue weighted by Gasteiger charge is -2.28. The maximum absolute atomic E-state index is 12.4. The van der Waals surface area contributed by atoms with Gasteiger partial charge in [-0.25, -0.2) is 8.42 Å². The van der Waals surface area contributed by atoms with Crippen molar-refractivity contribution in [3.05, 3.63) is 29.3 Å². The van der Waals surface area contributed by atoms with Gasteiger partial charge in [-0.05, 0) is 48.9 Å². The lowest BCUT2D eigenvalue weighted by atomic mass is 9.92. The molecule has 4 N–H and O–H groups in total. The zero-order chi connectivity index (χ0) is 15.5. The Kier molecular flexibility index (Phi) is 5.00. The number of hydrogen-bond donors (Lipinski definition) is 4. The number of fused-ring (bicyclic) bond motifs is 1. The monoisotopic (exact) mass is 315 g/mol. The van der Waals surface area contributed by atoms with Crippen LogP contribution in [0.25, 0.3) is 0 Å². The van der Waals surface area contributed by atoms with Crippen molar-refractivity contribution in [1.29, 1.82) is 0 Å². The van der Waals surface area contributed by atoms with Gasteiger partial charge in [0.2, 0.25) is 10.0 Å². The Morgan fingerprint density at radius 2 is 1.57 bits per heavy atom. The summed E-state index contributed by atoms with van der Waals surface area (Å²) in [4.78, 5) is 0.0860. The highest BCUT2D eigenvalue weighted by atomic mass is 32.2. The van der Waals surface area contributed by atoms with Crippen molar-refractivity contribution in [3.63, 3.8) is 0 Å². The van der Waals surface area contributed by atoms with Crippen LogP contribution in [0.5, 0.6) is 0 Å². The Morgan fingerprint density at radius 1 is 1.00 bits per heavy atom. The summed E-state index contributed by atoms with van der Waals surface area (Å²) < 4.78 is 26.9. The van der Waals surface area contributed by atoms with Gasteiger partial charge in [-0.2, -0.15) is 4.72 Å². The zero-order valence-electron chi connectivity index (χ0n) is 11.7. The van der Waals surface area contributed by atoms with Crippen LogP contribution < -0.4 is 4.72 Å². The third kappa shape index (κ3) is 3.44. The topological polar surface area (TPSA) is 107 Å². The van der Waals surface area contributed by atoms with E-state index in [0.29, 0.717) is 0 Å². The largest absolute Gasteiger partial charge is 0.394 e. The van der Waals surface area contributed by atoms with Gasteiger partial charge in [0.1, 0.15) is 5.54 Å². The lowest BCUT2D eigenvalue weighted by molar-refractivity contribution is 0.0582. The average molecular weight is 315 g/mol. The zero-order valence-corrected chi connectivity index (χ0v) is 12.6. The van der Waals surface area contributed by atoms with Crippen molar-refractivity contribution in [2.45, 2.75) is 36.1 Å². The van der Waals surface area contributed by atoms with E-state index in [1.807, 2.05) is 6.07 Å². The van der Waals surface area contributed by atoms with Gasteiger partial charge >= 0.3 is 0 Å². The Morgan fingerprint density at radius 3 is 2.14 bits per heavy atom. The molecule has 0 aromatic heterocycles. The SMILES string of the molecule is O=S(=O)(NC(CO)(CO)CO)c1ccc2c(c1)CCCC2. The van der Waals surface area contributed by atoms with E-state index in [1.54, 1.807) is 6.07 Å². The summed E-state index contributed by atoms with van der Waals surface area (Å²) in [5.41, 5.74) is 0.527. The first-order valence-corrected chi connectivity index (χ1v) is 8.43. The molecule has 1 aromatic rings. The second kappa shape index (κ2) is 6.41. The molecule has 21 heavy (non-hydrogen) atoms. The maximum Gasteiger partial charge on any atom is 0.241 e. The van der Waals surface area contributed by atoms with Crippen LogP contribution in [0.2, 0.25) is 0 Å². The van der Waals surface area contributed by atoms with Gasteiger partial charge in [-0.15, -0.1) is 0 Å². The molecule has 2 rings (SSSR count). The third-order valence-corrected chi connectivity index (χ3v) is 5.47. The molecule has 7 heteroatoms. The van der Waals surface area contributed by atoms with Crippen molar-refractivity contribution in [2.24, 2.45) is 0 Å². The van der Waals surface area contributed by atoms with Crippen LogP contribution in [0.4, 0.5) is 0 Å². The van der Waals surface area contributed by atoms with Crippen molar-refractivity contribution < 1.29 is 23.7 Å². The van der Waals surface area contributed by atoms with Crippen LogP contribution >= 0.6 is 0 Å². The van der Waals surface area contributed by atoms with Crippen LogP contribution in [0, 0.1) is 0 Å². The minimum atomic E-state index is -3.92. The normalized spacial score (nSPS) is 15.8. The van der Waals surface area contributed by atoms with Gasteiger partial charge < -0.3 is 15.3 Å². The number of hydrogen-bond acceptors (Lipinski definition) is 5. The van der Waals surface area contributed by atoms with Gasteiger partial charge in [0, 0.05) is 0 Å². The molecule has 0 amide bonds. The number of aryl methyl sites for hydroxylation is 2. The first-order valence-electron chi connectivity index (χ1n) is 6.95. The number of rotatable bonds is 6. The van der Waals surface area contributed by atoms with Crippen LogP contribution in [-0.2, 0) is 22.9 Å². The van der Waals surface area contributed by atoms with Crippen molar-refractivity contribution in [2.75, 3.05) is 19.8 Å². The summed E-state index contributed by atoms with van der Waals surface area (Å²) in [5, 5.41) is 27.7. The molecule has 0 unspecified atom stereocenters. The van der Waals surface area contributed by atoms with E-state index in [1.165, 1.54) is 6.07 Å². The van der Waals surface area contributed by atoms with E-state index < -0.39 is 35.4 Å². The molecular weight excluding hydrogens is 294 g/mol. The first kappa shape index (κ1) is 16.4. The fraction of sp³-hybridized carbons (Fsp3) is 0.571. The standard InChI is InChI=1S/C14H21NO5S/c16-8-14(9-17,10-18)15-21(19,20)13-6-5-11-3-1-2-4-12(11)7-13/h5-7,15-18H,1-4,8-10H2. The van der Waals surface area contributed by atoms with E-state index in [2.05, 4.69) is 4.72 Å². The molecule has 0 heterocycles. The fourth-order valence-corrected chi connectivity index (χ4v) is 3.89. The molecule has 1 aliphatic carbocycles. The Labute approximate surface area is 124 Å². The van der Waals surface area contributed by atoms with E-state index >= 15 is 0 Å². The molecule has 1 aliphatic rings.